The Kier molecular flexibility index (Phi) is 8.39. The summed E-state index contributed by atoms with van der Waals surface area (Å²) in [6, 6.07) is 33.8. The van der Waals surface area contributed by atoms with Crippen molar-refractivity contribution in [2.45, 2.75) is 10.1 Å². The van der Waals surface area contributed by atoms with Gasteiger partial charge in [-0.15, -0.1) is 11.8 Å². The van der Waals surface area contributed by atoms with Crippen molar-refractivity contribution < 1.29 is 9.59 Å². The number of anilines is 2. The monoisotopic (exact) mass is 498 g/mol. The predicted octanol–water partition coefficient (Wildman–Crippen LogP) is 7.46. The molecule has 0 radical (unpaired) electrons. The fourth-order valence-corrected chi connectivity index (χ4v) is 4.54. The van der Waals surface area contributed by atoms with E-state index in [1.54, 1.807) is 18.2 Å². The van der Waals surface area contributed by atoms with Gasteiger partial charge < -0.3 is 10.6 Å². The van der Waals surface area contributed by atoms with E-state index in [4.69, 9.17) is 11.6 Å². The summed E-state index contributed by atoms with van der Waals surface area (Å²) in [5, 5.41) is 5.80. The van der Waals surface area contributed by atoms with Gasteiger partial charge in [0.2, 0.25) is 11.8 Å². The van der Waals surface area contributed by atoms with Gasteiger partial charge in [-0.05, 0) is 53.6 Å². The van der Waals surface area contributed by atoms with Crippen molar-refractivity contribution in [3.63, 3.8) is 0 Å². The highest BCUT2D eigenvalue weighted by molar-refractivity contribution is 8.00. The summed E-state index contributed by atoms with van der Waals surface area (Å²) in [5.41, 5.74) is 3.08. The molecule has 0 aliphatic heterocycles. The minimum Gasteiger partial charge on any atom is -0.323 e. The molecule has 4 rings (SSSR count). The molecule has 4 aromatic carbocycles. The van der Waals surface area contributed by atoms with Gasteiger partial charge in [0.05, 0.1) is 10.7 Å². The number of hydrogen-bond donors (Lipinski definition) is 2. The first-order valence-corrected chi connectivity index (χ1v) is 12.3. The van der Waals surface area contributed by atoms with Crippen LogP contribution in [0.5, 0.6) is 0 Å². The Morgan fingerprint density at radius 1 is 0.743 bits per heavy atom. The van der Waals surface area contributed by atoms with Crippen LogP contribution in [0.25, 0.3) is 6.08 Å². The van der Waals surface area contributed by atoms with Crippen LogP contribution < -0.4 is 10.6 Å². The number of carbonyl (C=O) groups excluding carboxylic acids is 2. The van der Waals surface area contributed by atoms with E-state index in [2.05, 4.69) is 10.6 Å². The maximum atomic E-state index is 13.2. The average molecular weight is 499 g/mol. The van der Waals surface area contributed by atoms with Gasteiger partial charge in [0, 0.05) is 16.7 Å². The number of amides is 2. The quantitative estimate of drug-likeness (QED) is 0.196. The predicted molar refractivity (Wildman–Crippen MR) is 146 cm³/mol. The van der Waals surface area contributed by atoms with Crippen molar-refractivity contribution in [3.05, 3.63) is 131 Å². The van der Waals surface area contributed by atoms with E-state index < -0.39 is 5.25 Å². The maximum Gasteiger partial charge on any atom is 0.248 e. The van der Waals surface area contributed by atoms with Crippen LogP contribution >= 0.6 is 23.4 Å². The van der Waals surface area contributed by atoms with E-state index in [1.807, 2.05) is 97.1 Å². The van der Waals surface area contributed by atoms with Gasteiger partial charge in [-0.2, -0.15) is 0 Å². The molecule has 0 heterocycles. The number of hydrogen-bond acceptors (Lipinski definition) is 3. The number of benzene rings is 4. The fraction of sp³-hybridized carbons (Fsp3) is 0.0345. The highest BCUT2D eigenvalue weighted by Gasteiger charge is 2.22. The molecule has 0 fully saturated rings. The largest absolute Gasteiger partial charge is 0.323 e. The Bertz CT molecular complexity index is 1310. The molecule has 0 aliphatic rings. The minimum atomic E-state index is -0.485. The van der Waals surface area contributed by atoms with Gasteiger partial charge in [0.15, 0.2) is 0 Å². The molecule has 1 atom stereocenters. The van der Waals surface area contributed by atoms with E-state index >= 15 is 0 Å². The van der Waals surface area contributed by atoms with Gasteiger partial charge in [-0.3, -0.25) is 9.59 Å². The molecule has 0 bridgehead atoms. The SMILES string of the molecule is O=C(/C=C/c1ccccc1)Nc1ccc(SC(C(=O)Nc2ccccc2Cl)c2ccccc2)cc1. The van der Waals surface area contributed by atoms with Crippen LogP contribution in [0.1, 0.15) is 16.4 Å². The summed E-state index contributed by atoms with van der Waals surface area (Å²) >= 11 is 7.66. The molecule has 0 spiro atoms. The normalized spacial score (nSPS) is 11.7. The minimum absolute atomic E-state index is 0.169. The lowest BCUT2D eigenvalue weighted by Gasteiger charge is -2.18. The zero-order valence-electron chi connectivity index (χ0n) is 18.7. The van der Waals surface area contributed by atoms with Crippen molar-refractivity contribution in [2.75, 3.05) is 10.6 Å². The molecule has 0 aliphatic carbocycles. The first kappa shape index (κ1) is 24.3. The van der Waals surface area contributed by atoms with Gasteiger partial charge >= 0.3 is 0 Å². The van der Waals surface area contributed by atoms with E-state index in [1.165, 1.54) is 17.8 Å². The Hall–Kier alpha value is -3.80. The molecule has 2 amide bonds. The number of thioether (sulfide) groups is 1. The Morgan fingerprint density at radius 2 is 1.37 bits per heavy atom. The summed E-state index contributed by atoms with van der Waals surface area (Å²) in [4.78, 5) is 26.4. The van der Waals surface area contributed by atoms with Gasteiger partial charge in [-0.25, -0.2) is 0 Å². The number of para-hydroxylation sites is 1. The number of halogens is 1. The van der Waals surface area contributed by atoms with Crippen LogP contribution in [0.4, 0.5) is 11.4 Å². The molecule has 174 valence electrons. The first-order chi connectivity index (χ1) is 17.1. The van der Waals surface area contributed by atoms with Crippen molar-refractivity contribution in [3.8, 4) is 0 Å². The van der Waals surface area contributed by atoms with Gasteiger partial charge in [-0.1, -0.05) is 84.4 Å². The Labute approximate surface area is 214 Å². The molecule has 0 saturated carbocycles. The van der Waals surface area contributed by atoms with Crippen molar-refractivity contribution in [1.29, 1.82) is 0 Å². The second-order valence-corrected chi connectivity index (χ2v) is 9.22. The second kappa shape index (κ2) is 12.1. The van der Waals surface area contributed by atoms with E-state index in [9.17, 15) is 9.59 Å². The molecule has 2 N–H and O–H groups in total. The molecule has 4 aromatic rings. The standard InChI is InChI=1S/C29H23ClN2O2S/c30-25-13-7-8-14-26(25)32-29(34)28(22-11-5-2-6-12-22)35-24-18-16-23(17-19-24)31-27(33)20-15-21-9-3-1-4-10-21/h1-20,28H,(H,31,33)(H,32,34)/b20-15+. The van der Waals surface area contributed by atoms with Crippen LogP contribution in [0.15, 0.2) is 120 Å². The van der Waals surface area contributed by atoms with Crippen molar-refractivity contribution in [2.24, 2.45) is 0 Å². The topological polar surface area (TPSA) is 58.2 Å². The van der Waals surface area contributed by atoms with Crippen LogP contribution in [0.2, 0.25) is 5.02 Å². The number of nitrogens with one attached hydrogen (secondary N) is 2. The summed E-state index contributed by atoms with van der Waals surface area (Å²) in [6.07, 6.45) is 3.27. The molecular weight excluding hydrogens is 476 g/mol. The maximum absolute atomic E-state index is 13.2. The molecule has 35 heavy (non-hydrogen) atoms. The zero-order chi connectivity index (χ0) is 24.5. The summed E-state index contributed by atoms with van der Waals surface area (Å²) in [5.74, 6) is -0.381. The fourth-order valence-electron chi connectivity index (χ4n) is 3.33. The first-order valence-electron chi connectivity index (χ1n) is 11.0. The Balaban J connectivity index is 1.44. The van der Waals surface area contributed by atoms with Crippen LogP contribution in [0, 0.1) is 0 Å². The van der Waals surface area contributed by atoms with E-state index in [-0.39, 0.29) is 11.8 Å². The van der Waals surface area contributed by atoms with Crippen LogP contribution in [-0.2, 0) is 9.59 Å². The van der Waals surface area contributed by atoms with Crippen molar-refractivity contribution >= 4 is 52.6 Å². The third-order valence-electron chi connectivity index (χ3n) is 5.07. The van der Waals surface area contributed by atoms with Crippen LogP contribution in [-0.4, -0.2) is 11.8 Å². The number of rotatable bonds is 8. The molecular formula is C29H23ClN2O2S. The zero-order valence-corrected chi connectivity index (χ0v) is 20.3. The molecule has 6 heteroatoms. The third kappa shape index (κ3) is 7.09. The highest BCUT2D eigenvalue weighted by Crippen LogP contribution is 2.37. The Morgan fingerprint density at radius 3 is 2.06 bits per heavy atom. The average Bonchev–Trinajstić information content (AvgIpc) is 2.89. The lowest BCUT2D eigenvalue weighted by Crippen LogP contribution is -2.19. The molecule has 0 saturated heterocycles. The summed E-state index contributed by atoms with van der Waals surface area (Å²) < 4.78 is 0. The van der Waals surface area contributed by atoms with Crippen LogP contribution in [0.3, 0.4) is 0 Å². The van der Waals surface area contributed by atoms with E-state index in [0.29, 0.717) is 16.4 Å². The molecule has 1 unspecified atom stereocenters. The van der Waals surface area contributed by atoms with E-state index in [0.717, 1.165) is 16.0 Å². The highest BCUT2D eigenvalue weighted by atomic mass is 35.5. The number of carbonyl (C=O) groups is 2. The molecule has 4 nitrogen and oxygen atoms in total. The summed E-state index contributed by atoms with van der Waals surface area (Å²) in [6.45, 7) is 0. The third-order valence-corrected chi connectivity index (χ3v) is 6.67. The second-order valence-electron chi connectivity index (χ2n) is 7.64. The smallest absolute Gasteiger partial charge is 0.248 e. The lowest BCUT2D eigenvalue weighted by atomic mass is 10.1. The molecule has 0 aromatic heterocycles. The van der Waals surface area contributed by atoms with Gasteiger partial charge in [0.25, 0.3) is 0 Å². The summed E-state index contributed by atoms with van der Waals surface area (Å²) in [7, 11) is 0. The van der Waals surface area contributed by atoms with Crippen molar-refractivity contribution in [1.82, 2.24) is 0 Å². The lowest BCUT2D eigenvalue weighted by molar-refractivity contribution is -0.116. The van der Waals surface area contributed by atoms with Gasteiger partial charge in [0.1, 0.15) is 5.25 Å².